The van der Waals surface area contributed by atoms with Gasteiger partial charge in [-0.15, -0.1) is 0 Å². The number of allylic oxidation sites excluding steroid dienone is 1. The van der Waals surface area contributed by atoms with Gasteiger partial charge in [0, 0.05) is 5.92 Å². The summed E-state index contributed by atoms with van der Waals surface area (Å²) in [5.41, 5.74) is 0. The number of fused-ring (bicyclic) bond motifs is 1. The normalized spacial score (nSPS) is 45.7. The Bertz CT molecular complexity index is 232. The van der Waals surface area contributed by atoms with Crippen LogP contribution in [0.3, 0.4) is 0 Å². The maximum absolute atomic E-state index is 11.3. The average Bonchev–Trinajstić information content (AvgIpc) is 2.41. The molecule has 2 rings (SSSR count). The summed E-state index contributed by atoms with van der Waals surface area (Å²) in [6.07, 6.45) is 4.34. The van der Waals surface area contributed by atoms with Crippen molar-refractivity contribution in [2.24, 2.45) is 23.7 Å². The Balaban J connectivity index is 2.27. The summed E-state index contributed by atoms with van der Waals surface area (Å²) < 4.78 is 5.03. The minimum Gasteiger partial charge on any atom is -0.465 e. The predicted octanol–water partition coefficient (Wildman–Crippen LogP) is 1.62. The van der Waals surface area contributed by atoms with E-state index in [1.807, 2.05) is 0 Å². The maximum Gasteiger partial charge on any atom is 0.309 e. The van der Waals surface area contributed by atoms with Gasteiger partial charge in [-0.2, -0.15) is 0 Å². The van der Waals surface area contributed by atoms with Crippen molar-refractivity contribution in [1.82, 2.24) is 0 Å². The van der Waals surface area contributed by atoms with Crippen LogP contribution in [0.2, 0.25) is 0 Å². The zero-order chi connectivity index (χ0) is 8.72. The van der Waals surface area contributed by atoms with E-state index in [1.165, 1.54) is 0 Å². The van der Waals surface area contributed by atoms with Gasteiger partial charge in [0.25, 0.3) is 0 Å². The molecule has 0 aromatic rings. The molecule has 1 heterocycles. The fourth-order valence-electron chi connectivity index (χ4n) is 2.15. The molecular weight excluding hydrogens is 152 g/mol. The number of carbonyl (C=O) groups excluding carboxylic acids is 1. The number of esters is 1. The van der Waals surface area contributed by atoms with Crippen LogP contribution in [0.4, 0.5) is 0 Å². The van der Waals surface area contributed by atoms with Crippen LogP contribution in [-0.2, 0) is 9.53 Å². The molecule has 12 heavy (non-hydrogen) atoms. The molecule has 0 spiro atoms. The first-order valence-electron chi connectivity index (χ1n) is 4.55. The van der Waals surface area contributed by atoms with Gasteiger partial charge in [-0.05, 0) is 11.8 Å². The number of hydrogen-bond donors (Lipinski definition) is 0. The number of hydrogen-bond acceptors (Lipinski definition) is 2. The van der Waals surface area contributed by atoms with Gasteiger partial charge in [0.1, 0.15) is 0 Å². The van der Waals surface area contributed by atoms with Crippen LogP contribution in [0.5, 0.6) is 0 Å². The minimum absolute atomic E-state index is 0.00343. The molecule has 0 N–H and O–H groups in total. The third-order valence-corrected chi connectivity index (χ3v) is 3.21. The fraction of sp³-hybridized carbons (Fsp3) is 0.700. The van der Waals surface area contributed by atoms with E-state index in [-0.39, 0.29) is 11.9 Å². The molecule has 1 aliphatic carbocycles. The molecule has 0 amide bonds. The Hall–Kier alpha value is -0.790. The van der Waals surface area contributed by atoms with Crippen molar-refractivity contribution in [2.75, 3.05) is 6.61 Å². The van der Waals surface area contributed by atoms with E-state index in [9.17, 15) is 4.79 Å². The summed E-state index contributed by atoms with van der Waals surface area (Å²) in [6.45, 7) is 4.89. The quantitative estimate of drug-likeness (QED) is 0.404. The van der Waals surface area contributed by atoms with E-state index in [4.69, 9.17) is 4.74 Å². The fourth-order valence-corrected chi connectivity index (χ4v) is 2.15. The van der Waals surface area contributed by atoms with Gasteiger partial charge in [-0.3, -0.25) is 4.79 Å². The van der Waals surface area contributed by atoms with Crippen LogP contribution < -0.4 is 0 Å². The minimum atomic E-state index is 0.00343. The van der Waals surface area contributed by atoms with Crippen LogP contribution in [0.1, 0.15) is 13.8 Å². The molecule has 2 heteroatoms. The molecule has 2 aliphatic rings. The van der Waals surface area contributed by atoms with Crippen LogP contribution >= 0.6 is 0 Å². The second-order valence-electron chi connectivity index (χ2n) is 3.92. The van der Waals surface area contributed by atoms with E-state index < -0.39 is 0 Å². The lowest BCUT2D eigenvalue weighted by atomic mass is 9.73. The van der Waals surface area contributed by atoms with Gasteiger partial charge < -0.3 is 4.74 Å². The van der Waals surface area contributed by atoms with E-state index >= 15 is 0 Å². The summed E-state index contributed by atoms with van der Waals surface area (Å²) in [5, 5.41) is 0. The Morgan fingerprint density at radius 1 is 1.42 bits per heavy atom. The number of carbonyl (C=O) groups is 1. The highest BCUT2D eigenvalue weighted by molar-refractivity contribution is 5.75. The van der Waals surface area contributed by atoms with Crippen molar-refractivity contribution in [2.45, 2.75) is 13.8 Å². The standard InChI is InChI=1S/C10H14O2/c1-6-3-4-8-5-12-10(11)9(8)7(6)2/h3-4,6-9H,5H2,1-2H3/t6-,7+,8-,9+/m1/s1. The van der Waals surface area contributed by atoms with Crippen molar-refractivity contribution in [3.05, 3.63) is 12.2 Å². The van der Waals surface area contributed by atoms with Crippen LogP contribution in [0.25, 0.3) is 0 Å². The molecule has 1 saturated heterocycles. The first kappa shape index (κ1) is 7.84. The number of ether oxygens (including phenoxy) is 1. The van der Waals surface area contributed by atoms with Gasteiger partial charge in [0.2, 0.25) is 0 Å². The summed E-state index contributed by atoms with van der Waals surface area (Å²) in [7, 11) is 0. The smallest absolute Gasteiger partial charge is 0.309 e. The van der Waals surface area contributed by atoms with Gasteiger partial charge >= 0.3 is 5.97 Å². The first-order chi connectivity index (χ1) is 5.70. The molecule has 1 aliphatic heterocycles. The topological polar surface area (TPSA) is 26.3 Å². The zero-order valence-corrected chi connectivity index (χ0v) is 7.49. The lowest BCUT2D eigenvalue weighted by molar-refractivity contribution is -0.142. The molecule has 0 aromatic carbocycles. The van der Waals surface area contributed by atoms with Gasteiger partial charge in [0.15, 0.2) is 0 Å². The average molecular weight is 166 g/mol. The lowest BCUT2D eigenvalue weighted by Gasteiger charge is -2.28. The molecule has 0 aromatic heterocycles. The second kappa shape index (κ2) is 2.61. The molecule has 0 saturated carbocycles. The largest absolute Gasteiger partial charge is 0.465 e. The Morgan fingerprint density at radius 2 is 2.17 bits per heavy atom. The van der Waals surface area contributed by atoms with Crippen molar-refractivity contribution < 1.29 is 9.53 Å². The summed E-state index contributed by atoms with van der Waals surface area (Å²) in [4.78, 5) is 11.3. The van der Waals surface area contributed by atoms with Crippen molar-refractivity contribution in [3.63, 3.8) is 0 Å². The second-order valence-corrected chi connectivity index (χ2v) is 3.92. The summed E-state index contributed by atoms with van der Waals surface area (Å²) in [6, 6.07) is 0. The van der Waals surface area contributed by atoms with E-state index in [0.717, 1.165) is 0 Å². The molecular formula is C10H14O2. The van der Waals surface area contributed by atoms with Gasteiger partial charge in [-0.1, -0.05) is 26.0 Å². The lowest BCUT2D eigenvalue weighted by Crippen LogP contribution is -2.29. The van der Waals surface area contributed by atoms with Crippen LogP contribution in [0, 0.1) is 23.7 Å². The Morgan fingerprint density at radius 3 is 2.92 bits per heavy atom. The molecule has 0 bridgehead atoms. The van der Waals surface area contributed by atoms with Crippen molar-refractivity contribution in [1.29, 1.82) is 0 Å². The summed E-state index contributed by atoms with van der Waals surface area (Å²) >= 11 is 0. The first-order valence-corrected chi connectivity index (χ1v) is 4.55. The SMILES string of the molecule is C[C@@H]1[C@@H]2C(=O)OC[C@H]2C=C[C@H]1C. The number of cyclic esters (lactones) is 1. The summed E-state index contributed by atoms with van der Waals surface area (Å²) in [5.74, 6) is 1.43. The molecule has 4 atom stereocenters. The monoisotopic (exact) mass is 166 g/mol. The van der Waals surface area contributed by atoms with Gasteiger partial charge in [0.05, 0.1) is 12.5 Å². The Kier molecular flexibility index (Phi) is 1.71. The van der Waals surface area contributed by atoms with Gasteiger partial charge in [-0.25, -0.2) is 0 Å². The molecule has 2 nitrogen and oxygen atoms in total. The zero-order valence-electron chi connectivity index (χ0n) is 7.49. The van der Waals surface area contributed by atoms with E-state index in [2.05, 4.69) is 26.0 Å². The highest BCUT2D eigenvalue weighted by Gasteiger charge is 2.42. The molecule has 0 radical (unpaired) electrons. The third kappa shape index (κ3) is 0.977. The van der Waals surface area contributed by atoms with E-state index in [1.54, 1.807) is 0 Å². The highest BCUT2D eigenvalue weighted by atomic mass is 16.5. The predicted molar refractivity (Wildman–Crippen MR) is 45.4 cm³/mol. The van der Waals surface area contributed by atoms with E-state index in [0.29, 0.717) is 24.4 Å². The Labute approximate surface area is 72.6 Å². The molecule has 1 fully saturated rings. The molecule has 0 unspecified atom stereocenters. The molecule has 66 valence electrons. The maximum atomic E-state index is 11.3. The van der Waals surface area contributed by atoms with Crippen LogP contribution in [-0.4, -0.2) is 12.6 Å². The van der Waals surface area contributed by atoms with Crippen molar-refractivity contribution in [3.8, 4) is 0 Å². The highest BCUT2D eigenvalue weighted by Crippen LogP contribution is 2.38. The van der Waals surface area contributed by atoms with Crippen LogP contribution in [0.15, 0.2) is 12.2 Å². The third-order valence-electron chi connectivity index (χ3n) is 3.21. The number of rotatable bonds is 0. The van der Waals surface area contributed by atoms with Crippen molar-refractivity contribution >= 4 is 5.97 Å².